The Morgan fingerprint density at radius 2 is 1.44 bits per heavy atom. The van der Waals surface area contributed by atoms with Crippen LogP contribution in [0.25, 0.3) is 0 Å². The molecule has 0 unspecified atom stereocenters. The van der Waals surface area contributed by atoms with Crippen LogP contribution in [0, 0.1) is 5.92 Å². The molecular weight excluding hydrogens is 520 g/mol. The number of nitrogens with one attached hydrogen (secondary N) is 2. The van der Waals surface area contributed by atoms with Crippen molar-refractivity contribution in [3.05, 3.63) is 84.1 Å². The van der Waals surface area contributed by atoms with E-state index in [1.54, 1.807) is 0 Å². The Bertz CT molecular complexity index is 1040. The number of benzene rings is 2. The maximum Gasteiger partial charge on any atom is 0.407 e. The van der Waals surface area contributed by atoms with Crippen LogP contribution in [0.1, 0.15) is 77.3 Å². The van der Waals surface area contributed by atoms with Gasteiger partial charge in [0.15, 0.2) is 0 Å². The molecule has 1 fully saturated rings. The monoisotopic (exact) mass is 567 g/mol. The zero-order chi connectivity index (χ0) is 30.3. The van der Waals surface area contributed by atoms with Gasteiger partial charge in [-0.2, -0.15) is 0 Å². The summed E-state index contributed by atoms with van der Waals surface area (Å²) >= 11 is 0. The first-order chi connectivity index (χ1) is 19.4. The number of rotatable bonds is 10. The maximum absolute atomic E-state index is 12.8. The van der Waals surface area contributed by atoms with Crippen molar-refractivity contribution >= 4 is 12.2 Å². The van der Waals surface area contributed by atoms with E-state index in [1.165, 1.54) is 13.3 Å². The molecule has 0 saturated heterocycles. The third kappa shape index (κ3) is 14.6. The van der Waals surface area contributed by atoms with Gasteiger partial charge in [0.05, 0.1) is 18.2 Å². The number of hydrogen-bond acceptors (Lipinski definition) is 6. The number of ether oxygens (including phenoxy) is 2. The fraction of sp³-hybridized carbons (Fsp3) is 0.515. The molecule has 8 nitrogen and oxygen atoms in total. The Morgan fingerprint density at radius 1 is 0.927 bits per heavy atom. The standard InChI is InChI=1S/C30H42N2O5.C3H6O/c1-30(2,3)37-29(35)32-26(20-23-15-9-5-10-16-23)27(33)25(19-22-13-7-4-8-14-22)31-28(34)36-21-24-17-11-6-12-18-24;1-3(2)4/h4,6-8,11-14,17-18,23,25-27,33H,5,9-10,15-16,19-21H2,1-3H3,(H,31,34)(H,32,35);4H,1H2,2H3/p-1/t25-,26-,27-;/m1./s1. The van der Waals surface area contributed by atoms with Crippen molar-refractivity contribution in [1.29, 1.82) is 0 Å². The third-order valence-corrected chi connectivity index (χ3v) is 6.65. The summed E-state index contributed by atoms with van der Waals surface area (Å²) in [5.41, 5.74) is 1.18. The highest BCUT2D eigenvalue weighted by molar-refractivity contribution is 5.69. The van der Waals surface area contributed by atoms with Gasteiger partial charge < -0.3 is 30.3 Å². The normalized spacial score (nSPS) is 15.7. The number of amides is 2. The van der Waals surface area contributed by atoms with Crippen LogP contribution in [-0.4, -0.2) is 41.1 Å². The summed E-state index contributed by atoms with van der Waals surface area (Å²) in [5.74, 6) is 0.311. The number of carbonyl (C=O) groups excluding carboxylic acids is 2. The van der Waals surface area contributed by atoms with Crippen LogP contribution in [0.3, 0.4) is 0 Å². The molecule has 0 aromatic heterocycles. The van der Waals surface area contributed by atoms with Crippen molar-refractivity contribution in [2.45, 2.75) is 103 Å². The van der Waals surface area contributed by atoms with Gasteiger partial charge in [-0.3, -0.25) is 0 Å². The minimum atomic E-state index is -1.04. The van der Waals surface area contributed by atoms with Gasteiger partial charge in [-0.05, 0) is 50.7 Å². The third-order valence-electron chi connectivity index (χ3n) is 6.65. The first-order valence-corrected chi connectivity index (χ1v) is 14.4. The highest BCUT2D eigenvalue weighted by atomic mass is 16.6. The van der Waals surface area contributed by atoms with E-state index in [0.717, 1.165) is 36.8 Å². The van der Waals surface area contributed by atoms with Crippen LogP contribution in [-0.2, 0) is 22.5 Å². The fourth-order valence-electron chi connectivity index (χ4n) is 4.85. The van der Waals surface area contributed by atoms with E-state index >= 15 is 0 Å². The summed E-state index contributed by atoms with van der Waals surface area (Å²) in [4.78, 5) is 25.5. The molecule has 2 aromatic carbocycles. The highest BCUT2D eigenvalue weighted by Gasteiger charge is 2.34. The number of aliphatic hydroxyl groups excluding tert-OH is 1. The molecule has 1 saturated carbocycles. The number of hydrogen-bond donors (Lipinski definition) is 3. The summed E-state index contributed by atoms with van der Waals surface area (Å²) < 4.78 is 11.0. The first-order valence-electron chi connectivity index (χ1n) is 14.4. The minimum absolute atomic E-state index is 0.0833. The molecule has 41 heavy (non-hydrogen) atoms. The molecule has 0 spiro atoms. The summed E-state index contributed by atoms with van der Waals surface area (Å²) in [7, 11) is 0. The van der Waals surface area contributed by atoms with Crippen molar-refractivity contribution in [1.82, 2.24) is 10.6 Å². The molecule has 0 bridgehead atoms. The van der Waals surface area contributed by atoms with Crippen molar-refractivity contribution < 1.29 is 29.3 Å². The van der Waals surface area contributed by atoms with Crippen molar-refractivity contribution in [2.24, 2.45) is 5.92 Å². The smallest absolute Gasteiger partial charge is 0.407 e. The number of carbonyl (C=O) groups is 2. The van der Waals surface area contributed by atoms with E-state index in [2.05, 4.69) is 17.2 Å². The van der Waals surface area contributed by atoms with Gasteiger partial charge >= 0.3 is 12.2 Å². The van der Waals surface area contributed by atoms with Crippen LogP contribution >= 0.6 is 0 Å². The Morgan fingerprint density at radius 3 is 1.98 bits per heavy atom. The van der Waals surface area contributed by atoms with Crippen LogP contribution in [0.4, 0.5) is 9.59 Å². The Labute approximate surface area is 245 Å². The Hall–Kier alpha value is -3.52. The lowest BCUT2D eigenvalue weighted by Crippen LogP contribution is -2.56. The van der Waals surface area contributed by atoms with Gasteiger partial charge in [0.2, 0.25) is 0 Å². The lowest BCUT2D eigenvalue weighted by atomic mass is 9.82. The first kappa shape index (κ1) is 33.7. The molecule has 3 atom stereocenters. The van der Waals surface area contributed by atoms with Crippen LogP contribution in [0.5, 0.6) is 0 Å². The molecule has 1 aliphatic rings. The van der Waals surface area contributed by atoms with E-state index < -0.39 is 36.0 Å². The van der Waals surface area contributed by atoms with E-state index in [-0.39, 0.29) is 12.4 Å². The lowest BCUT2D eigenvalue weighted by Gasteiger charge is -2.34. The van der Waals surface area contributed by atoms with Gasteiger partial charge in [0.1, 0.15) is 12.2 Å². The molecule has 2 amide bonds. The largest absolute Gasteiger partial charge is 0.876 e. The van der Waals surface area contributed by atoms with Crippen molar-refractivity contribution in [3.8, 4) is 0 Å². The summed E-state index contributed by atoms with van der Waals surface area (Å²) in [5, 5.41) is 26.7. The second kappa shape index (κ2) is 17.3. The summed E-state index contributed by atoms with van der Waals surface area (Å²) in [6.07, 6.45) is 4.42. The zero-order valence-corrected chi connectivity index (χ0v) is 24.9. The van der Waals surface area contributed by atoms with Crippen LogP contribution in [0.2, 0.25) is 0 Å². The van der Waals surface area contributed by atoms with Crippen molar-refractivity contribution in [2.75, 3.05) is 0 Å². The molecule has 0 aliphatic heterocycles. The highest BCUT2D eigenvalue weighted by Crippen LogP contribution is 2.29. The second-order valence-corrected chi connectivity index (χ2v) is 11.7. The van der Waals surface area contributed by atoms with E-state index in [0.29, 0.717) is 18.8 Å². The molecular formula is C33H47N2O6-. The molecule has 3 rings (SSSR count). The molecule has 2 aromatic rings. The second-order valence-electron chi connectivity index (χ2n) is 11.7. The average molecular weight is 568 g/mol. The topological polar surface area (TPSA) is 120 Å². The molecule has 3 N–H and O–H groups in total. The predicted molar refractivity (Wildman–Crippen MR) is 159 cm³/mol. The Balaban J connectivity index is 0.00000138. The van der Waals surface area contributed by atoms with Gasteiger partial charge in [0.25, 0.3) is 0 Å². The van der Waals surface area contributed by atoms with Gasteiger partial charge in [-0.15, -0.1) is 12.3 Å². The average Bonchev–Trinajstić information content (AvgIpc) is 2.91. The van der Waals surface area contributed by atoms with Gasteiger partial charge in [-0.25, -0.2) is 9.59 Å². The van der Waals surface area contributed by atoms with Crippen LogP contribution < -0.4 is 15.7 Å². The Kier molecular flexibility index (Phi) is 14.2. The molecule has 8 heteroatoms. The summed E-state index contributed by atoms with van der Waals surface area (Å²) in [6, 6.07) is 17.9. The zero-order valence-electron chi connectivity index (χ0n) is 24.9. The summed E-state index contributed by atoms with van der Waals surface area (Å²) in [6.45, 7) is 9.97. The molecule has 226 valence electrons. The number of allylic oxidation sites excluding steroid dienone is 1. The number of aliphatic hydroxyl groups is 1. The predicted octanol–water partition coefficient (Wildman–Crippen LogP) is 5.63. The molecule has 1 aliphatic carbocycles. The minimum Gasteiger partial charge on any atom is -0.876 e. The van der Waals surface area contributed by atoms with Crippen molar-refractivity contribution in [3.63, 3.8) is 0 Å². The van der Waals surface area contributed by atoms with E-state index in [4.69, 9.17) is 9.47 Å². The SMILES string of the molecule is C=C(C)[O-].CC(C)(C)OC(=O)N[C@H](CC1CCCCC1)[C@H](O)[C@@H](Cc1ccccc1)NC(=O)OCc1ccccc1. The maximum atomic E-state index is 12.8. The molecule has 0 radical (unpaired) electrons. The van der Waals surface area contributed by atoms with E-state index in [9.17, 15) is 19.8 Å². The quantitative estimate of drug-likeness (QED) is 0.320. The van der Waals surface area contributed by atoms with E-state index in [1.807, 2.05) is 81.4 Å². The fourth-order valence-corrected chi connectivity index (χ4v) is 4.85. The molecule has 0 heterocycles. The van der Waals surface area contributed by atoms with Crippen LogP contribution in [0.15, 0.2) is 73.0 Å². The van der Waals surface area contributed by atoms with Gasteiger partial charge in [0, 0.05) is 0 Å². The number of alkyl carbamates (subject to hydrolysis) is 2. The van der Waals surface area contributed by atoms with Gasteiger partial charge in [-0.1, -0.05) is 99.7 Å². The lowest BCUT2D eigenvalue weighted by molar-refractivity contribution is -0.300.